The van der Waals surface area contributed by atoms with Crippen molar-refractivity contribution in [1.82, 2.24) is 9.78 Å². The molecule has 2 heterocycles. The molecule has 1 aromatic heterocycles. The van der Waals surface area contributed by atoms with Crippen molar-refractivity contribution in [2.75, 3.05) is 17.2 Å². The van der Waals surface area contributed by atoms with Crippen molar-refractivity contribution >= 4 is 34.2 Å². The first kappa shape index (κ1) is 18.0. The number of fused-ring (bicyclic) bond motifs is 2. The van der Waals surface area contributed by atoms with Crippen LogP contribution in [-0.4, -0.2) is 28.2 Å². The number of carbonyl (C=O) groups excluding carboxylic acids is 2. The van der Waals surface area contributed by atoms with Crippen LogP contribution in [0.3, 0.4) is 0 Å². The second kappa shape index (κ2) is 6.99. The maximum atomic E-state index is 13.2. The molecule has 1 aliphatic rings. The molecule has 7 heteroatoms. The summed E-state index contributed by atoms with van der Waals surface area (Å²) in [4.78, 5) is 25.2. The Labute approximate surface area is 162 Å². The Bertz CT molecular complexity index is 1090. The first-order valence-electron chi connectivity index (χ1n) is 9.32. The van der Waals surface area contributed by atoms with E-state index in [9.17, 15) is 9.59 Å². The molecule has 0 bridgehead atoms. The van der Waals surface area contributed by atoms with Crippen molar-refractivity contribution in [3.05, 3.63) is 47.5 Å². The third kappa shape index (κ3) is 2.98. The van der Waals surface area contributed by atoms with Gasteiger partial charge in [-0.3, -0.25) is 14.3 Å². The number of aromatic nitrogens is 2. The number of amides is 2. The summed E-state index contributed by atoms with van der Waals surface area (Å²) in [6, 6.07) is 11.5. The van der Waals surface area contributed by atoms with E-state index in [4.69, 9.17) is 4.74 Å². The summed E-state index contributed by atoms with van der Waals surface area (Å²) in [5.41, 5.74) is 1.31. The van der Waals surface area contributed by atoms with Gasteiger partial charge in [-0.2, -0.15) is 5.10 Å². The number of rotatable bonds is 4. The number of nitrogens with zero attached hydrogens (tertiary/aromatic N) is 2. The third-order valence-electron chi connectivity index (χ3n) is 4.99. The molecule has 2 amide bonds. The van der Waals surface area contributed by atoms with E-state index in [0.29, 0.717) is 36.0 Å². The summed E-state index contributed by atoms with van der Waals surface area (Å²) in [6.45, 7) is 4.20. The Hall–Kier alpha value is -3.35. The fourth-order valence-corrected chi connectivity index (χ4v) is 3.59. The summed E-state index contributed by atoms with van der Waals surface area (Å²) >= 11 is 0. The largest absolute Gasteiger partial charge is 0.493 e. The Morgan fingerprint density at radius 3 is 2.89 bits per heavy atom. The number of aryl methyl sites for hydroxylation is 1. The van der Waals surface area contributed by atoms with Gasteiger partial charge in [0.25, 0.3) is 5.91 Å². The predicted octanol–water partition coefficient (Wildman–Crippen LogP) is 3.36. The molecule has 28 heavy (non-hydrogen) atoms. The quantitative estimate of drug-likeness (QED) is 0.729. The molecule has 0 saturated heterocycles. The van der Waals surface area contributed by atoms with Crippen molar-refractivity contribution in [3.63, 3.8) is 0 Å². The number of hydrogen-bond donors (Lipinski definition) is 2. The zero-order chi connectivity index (χ0) is 19.8. The molecule has 3 aromatic rings. The van der Waals surface area contributed by atoms with E-state index >= 15 is 0 Å². The van der Waals surface area contributed by atoms with E-state index < -0.39 is 0 Å². The van der Waals surface area contributed by atoms with Gasteiger partial charge < -0.3 is 15.4 Å². The SMILES string of the molecule is CCOc1ccc2ccccc2c1C(=O)Nc1nn(C)c2c1C[C@@H](C)C(=O)N2. The standard InChI is InChI=1S/C21H22N4O3/c1-4-28-16-10-9-13-7-5-6-8-14(13)17(16)21(27)22-18-15-11-12(2)20(26)23-19(15)25(3)24-18/h5-10,12H,4,11H2,1-3H3,(H,23,26)(H,22,24,27)/t12-/m1/s1. The lowest BCUT2D eigenvalue weighted by molar-refractivity contribution is -0.119. The van der Waals surface area contributed by atoms with Gasteiger partial charge in [0.05, 0.1) is 12.2 Å². The summed E-state index contributed by atoms with van der Waals surface area (Å²) < 4.78 is 7.29. The molecule has 4 rings (SSSR count). The molecule has 2 aromatic carbocycles. The van der Waals surface area contributed by atoms with Crippen molar-refractivity contribution in [2.45, 2.75) is 20.3 Å². The molecule has 1 aliphatic heterocycles. The van der Waals surface area contributed by atoms with Gasteiger partial charge in [-0.15, -0.1) is 0 Å². The van der Waals surface area contributed by atoms with Crippen molar-refractivity contribution in [1.29, 1.82) is 0 Å². The number of benzene rings is 2. The molecule has 0 fully saturated rings. The van der Waals surface area contributed by atoms with Gasteiger partial charge in [0, 0.05) is 18.5 Å². The maximum absolute atomic E-state index is 13.2. The van der Waals surface area contributed by atoms with Gasteiger partial charge in [0.1, 0.15) is 11.6 Å². The molecular weight excluding hydrogens is 356 g/mol. The molecule has 2 N–H and O–H groups in total. The molecule has 0 saturated carbocycles. The molecule has 7 nitrogen and oxygen atoms in total. The number of hydrogen-bond acceptors (Lipinski definition) is 4. The molecule has 0 radical (unpaired) electrons. The van der Waals surface area contributed by atoms with Crippen molar-refractivity contribution in [3.8, 4) is 5.75 Å². The molecule has 1 atom stereocenters. The van der Waals surface area contributed by atoms with Gasteiger partial charge in [-0.1, -0.05) is 37.3 Å². The van der Waals surface area contributed by atoms with E-state index in [1.165, 1.54) is 0 Å². The van der Waals surface area contributed by atoms with Crippen LogP contribution < -0.4 is 15.4 Å². The van der Waals surface area contributed by atoms with Crippen LogP contribution in [-0.2, 0) is 18.3 Å². The number of nitrogens with one attached hydrogen (secondary N) is 2. The van der Waals surface area contributed by atoms with Crippen molar-refractivity contribution < 1.29 is 14.3 Å². The Morgan fingerprint density at radius 2 is 2.11 bits per heavy atom. The van der Waals surface area contributed by atoms with Crippen LogP contribution in [0, 0.1) is 5.92 Å². The fourth-order valence-electron chi connectivity index (χ4n) is 3.59. The minimum Gasteiger partial charge on any atom is -0.493 e. The van der Waals surface area contributed by atoms with Gasteiger partial charge in [-0.25, -0.2) is 0 Å². The van der Waals surface area contributed by atoms with E-state index in [1.807, 2.05) is 50.2 Å². The molecule has 0 spiro atoms. The summed E-state index contributed by atoms with van der Waals surface area (Å²) in [6.07, 6.45) is 0.526. The summed E-state index contributed by atoms with van der Waals surface area (Å²) in [5, 5.41) is 12.0. The van der Waals surface area contributed by atoms with Crippen LogP contribution in [0.25, 0.3) is 10.8 Å². The highest BCUT2D eigenvalue weighted by atomic mass is 16.5. The minimum absolute atomic E-state index is 0.0407. The first-order valence-corrected chi connectivity index (χ1v) is 9.32. The average Bonchev–Trinajstić information content (AvgIpc) is 2.96. The highest BCUT2D eigenvalue weighted by molar-refractivity contribution is 6.15. The summed E-state index contributed by atoms with van der Waals surface area (Å²) in [5.74, 6) is 1.12. The van der Waals surface area contributed by atoms with Gasteiger partial charge in [0.2, 0.25) is 5.91 Å². The minimum atomic E-state index is -0.286. The number of anilines is 2. The lowest BCUT2D eigenvalue weighted by atomic mass is 9.97. The smallest absolute Gasteiger partial charge is 0.261 e. The Kier molecular flexibility index (Phi) is 4.50. The Morgan fingerprint density at radius 1 is 1.32 bits per heavy atom. The average molecular weight is 378 g/mol. The summed E-state index contributed by atoms with van der Waals surface area (Å²) in [7, 11) is 1.74. The van der Waals surface area contributed by atoms with E-state index in [1.54, 1.807) is 11.7 Å². The monoisotopic (exact) mass is 378 g/mol. The van der Waals surface area contributed by atoms with Crippen molar-refractivity contribution in [2.24, 2.45) is 13.0 Å². The topological polar surface area (TPSA) is 85.2 Å². The zero-order valence-electron chi connectivity index (χ0n) is 16.1. The third-order valence-corrected chi connectivity index (χ3v) is 4.99. The highest BCUT2D eigenvalue weighted by Gasteiger charge is 2.29. The second-order valence-corrected chi connectivity index (χ2v) is 6.94. The predicted molar refractivity (Wildman–Crippen MR) is 108 cm³/mol. The maximum Gasteiger partial charge on any atom is 0.261 e. The Balaban J connectivity index is 1.75. The van der Waals surface area contributed by atoms with Crippen LogP contribution in [0.15, 0.2) is 36.4 Å². The molecule has 0 unspecified atom stereocenters. The first-order chi connectivity index (χ1) is 13.5. The van der Waals surface area contributed by atoms with Crippen LogP contribution >= 0.6 is 0 Å². The van der Waals surface area contributed by atoms with E-state index in [2.05, 4.69) is 15.7 Å². The number of carbonyl (C=O) groups is 2. The van der Waals surface area contributed by atoms with Crippen LogP contribution in [0.4, 0.5) is 11.6 Å². The fraction of sp³-hybridized carbons (Fsp3) is 0.286. The molecule has 144 valence electrons. The zero-order valence-corrected chi connectivity index (χ0v) is 16.1. The van der Waals surface area contributed by atoms with E-state index in [-0.39, 0.29) is 17.7 Å². The molecule has 0 aliphatic carbocycles. The lowest BCUT2D eigenvalue weighted by Gasteiger charge is -2.20. The van der Waals surface area contributed by atoms with Gasteiger partial charge >= 0.3 is 0 Å². The van der Waals surface area contributed by atoms with Crippen LogP contribution in [0.5, 0.6) is 5.75 Å². The number of ether oxygens (including phenoxy) is 1. The van der Waals surface area contributed by atoms with E-state index in [0.717, 1.165) is 16.3 Å². The normalized spacial score (nSPS) is 15.8. The van der Waals surface area contributed by atoms with Gasteiger partial charge in [-0.05, 0) is 30.2 Å². The van der Waals surface area contributed by atoms with Crippen LogP contribution in [0.1, 0.15) is 29.8 Å². The van der Waals surface area contributed by atoms with Crippen LogP contribution in [0.2, 0.25) is 0 Å². The molecular formula is C21H22N4O3. The second-order valence-electron chi connectivity index (χ2n) is 6.94. The lowest BCUT2D eigenvalue weighted by Crippen LogP contribution is -2.28. The highest BCUT2D eigenvalue weighted by Crippen LogP contribution is 2.33. The van der Waals surface area contributed by atoms with Gasteiger partial charge in [0.15, 0.2) is 5.82 Å².